The average Bonchev–Trinajstić information content (AvgIpc) is 2.31. The molecule has 1 N–H and O–H groups in total. The van der Waals surface area contributed by atoms with Crippen LogP contribution in [0.3, 0.4) is 0 Å². The van der Waals surface area contributed by atoms with E-state index in [4.69, 9.17) is 0 Å². The molecule has 2 heteroatoms. The van der Waals surface area contributed by atoms with Gasteiger partial charge in [0.25, 0.3) is 0 Å². The van der Waals surface area contributed by atoms with Crippen molar-refractivity contribution < 1.29 is 4.89 Å². The maximum absolute atomic E-state index is 10.4. The fourth-order valence-electron chi connectivity index (χ4n) is 1.68. The van der Waals surface area contributed by atoms with Gasteiger partial charge in [-0.1, -0.05) is 67.0 Å². The molecule has 0 radical (unpaired) electrons. The molecule has 0 aliphatic heterocycles. The first kappa shape index (κ1) is 11.2. The number of hydrogen-bond acceptors (Lipinski definition) is 1. The zero-order valence-corrected chi connectivity index (χ0v) is 9.98. The molecule has 1 nitrogen and oxygen atoms in total. The van der Waals surface area contributed by atoms with Crippen molar-refractivity contribution in [1.82, 2.24) is 0 Å². The summed E-state index contributed by atoms with van der Waals surface area (Å²) in [4.78, 5) is 10.4. The van der Waals surface area contributed by atoms with Gasteiger partial charge >= 0.3 is 0 Å². The summed E-state index contributed by atoms with van der Waals surface area (Å²) in [5.41, 5.74) is 1.14. The van der Waals surface area contributed by atoms with E-state index in [1.807, 2.05) is 60.7 Å². The first-order valence-electron chi connectivity index (χ1n) is 5.23. The highest BCUT2D eigenvalue weighted by Gasteiger charge is 2.13. The Morgan fingerprint density at radius 1 is 0.875 bits per heavy atom. The summed E-state index contributed by atoms with van der Waals surface area (Å²) < 4.78 is 0. The first-order chi connectivity index (χ1) is 7.68. The van der Waals surface area contributed by atoms with Gasteiger partial charge in [-0.15, -0.1) is 0 Å². The second kappa shape index (κ2) is 4.69. The molecule has 0 spiro atoms. The lowest BCUT2D eigenvalue weighted by Gasteiger charge is -2.18. The van der Waals surface area contributed by atoms with Gasteiger partial charge in [-0.3, -0.25) is 0 Å². The summed E-state index contributed by atoms with van der Waals surface area (Å²) >= 11 is 0. The normalized spacial score (nSPS) is 14.3. The summed E-state index contributed by atoms with van der Waals surface area (Å²) in [6.07, 6.45) is 4.64. The van der Waals surface area contributed by atoms with Gasteiger partial charge in [0.2, 0.25) is 0 Å². The van der Waals surface area contributed by atoms with Crippen LogP contribution in [0.4, 0.5) is 0 Å². The van der Waals surface area contributed by atoms with E-state index in [0.717, 1.165) is 10.9 Å². The van der Waals surface area contributed by atoms with Crippen LogP contribution in [0.15, 0.2) is 60.7 Å². The molecule has 0 aliphatic carbocycles. The van der Waals surface area contributed by atoms with E-state index >= 15 is 0 Å². The van der Waals surface area contributed by atoms with E-state index in [-0.39, 0.29) is 0 Å². The van der Waals surface area contributed by atoms with E-state index in [9.17, 15) is 4.89 Å². The van der Waals surface area contributed by atoms with Crippen molar-refractivity contribution in [3.63, 3.8) is 0 Å². The Labute approximate surface area is 96.4 Å². The Kier molecular flexibility index (Phi) is 3.28. The van der Waals surface area contributed by atoms with Gasteiger partial charge in [0.15, 0.2) is 0 Å². The summed E-state index contributed by atoms with van der Waals surface area (Å²) in [5.74, 6) is 0. The zero-order chi connectivity index (χ0) is 11.4. The minimum atomic E-state index is -2.27. The highest BCUT2D eigenvalue weighted by molar-refractivity contribution is 7.74. The molecule has 0 aliphatic rings. The Balaban J connectivity index is 2.25. The van der Waals surface area contributed by atoms with Gasteiger partial charge in [0.05, 0.1) is 0 Å². The highest BCUT2D eigenvalue weighted by atomic mass is 31.2. The topological polar surface area (TPSA) is 20.2 Å². The summed E-state index contributed by atoms with van der Waals surface area (Å²) in [6.45, 7) is 0. The lowest BCUT2D eigenvalue weighted by atomic mass is 10.2. The van der Waals surface area contributed by atoms with Gasteiger partial charge in [0, 0.05) is 13.3 Å². The van der Waals surface area contributed by atoms with Gasteiger partial charge in [-0.05, 0) is 10.9 Å². The van der Waals surface area contributed by atoms with Crippen molar-refractivity contribution in [1.29, 1.82) is 0 Å². The van der Waals surface area contributed by atoms with Crippen molar-refractivity contribution in [2.45, 2.75) is 6.16 Å². The van der Waals surface area contributed by atoms with Crippen LogP contribution in [-0.2, 0) is 6.16 Å². The lowest BCUT2D eigenvalue weighted by molar-refractivity contribution is 0.629. The van der Waals surface area contributed by atoms with Crippen LogP contribution in [-0.4, -0.2) is 11.2 Å². The van der Waals surface area contributed by atoms with Crippen LogP contribution in [0.5, 0.6) is 0 Å². The minimum absolute atomic E-state index is 0.637. The maximum Gasteiger partial charge on any atom is 0.0295 e. The van der Waals surface area contributed by atoms with Crippen LogP contribution in [0, 0.1) is 0 Å². The largest absolute Gasteiger partial charge is 0.372 e. The third kappa shape index (κ3) is 2.63. The molecule has 1 atom stereocenters. The minimum Gasteiger partial charge on any atom is -0.372 e. The number of hydrogen-bond donors (Lipinski definition) is 1. The van der Waals surface area contributed by atoms with E-state index in [0.29, 0.717) is 6.16 Å². The van der Waals surface area contributed by atoms with Crippen molar-refractivity contribution in [2.24, 2.45) is 0 Å². The fraction of sp³-hybridized carbons (Fsp3) is 0.0714. The molecular weight excluding hydrogens is 215 g/mol. The molecule has 2 aromatic rings. The van der Waals surface area contributed by atoms with Crippen LogP contribution in [0.25, 0.3) is 0 Å². The van der Waals surface area contributed by atoms with E-state index < -0.39 is 7.11 Å². The summed E-state index contributed by atoms with van der Waals surface area (Å²) in [7, 11) is -2.27. The molecule has 0 saturated heterocycles. The van der Waals surface area contributed by atoms with Gasteiger partial charge in [0.1, 0.15) is 0 Å². The maximum atomic E-state index is 10.4. The standard InChI is InChI=1S/C14H15OP/c1-16(15,14-10-6-3-7-11-14)12-13-8-4-2-5-9-13/h2-11,15H,1,12H2. The molecular formula is C14H15OP. The molecule has 16 heavy (non-hydrogen) atoms. The Morgan fingerprint density at radius 2 is 1.38 bits per heavy atom. The van der Waals surface area contributed by atoms with Crippen molar-refractivity contribution in [3.8, 4) is 0 Å². The summed E-state index contributed by atoms with van der Waals surface area (Å²) in [5, 5.41) is 0.957. The molecule has 0 bridgehead atoms. The van der Waals surface area contributed by atoms with Crippen molar-refractivity contribution in [3.05, 3.63) is 66.2 Å². The van der Waals surface area contributed by atoms with E-state index in [1.165, 1.54) is 0 Å². The zero-order valence-electron chi connectivity index (χ0n) is 9.08. The highest BCUT2D eigenvalue weighted by Crippen LogP contribution is 2.42. The Bertz CT molecular complexity index is 491. The van der Waals surface area contributed by atoms with Crippen molar-refractivity contribution >= 4 is 18.7 Å². The molecule has 0 amide bonds. The van der Waals surface area contributed by atoms with Crippen molar-refractivity contribution in [2.75, 3.05) is 0 Å². The molecule has 0 saturated carbocycles. The van der Waals surface area contributed by atoms with Crippen LogP contribution >= 0.6 is 7.11 Å². The predicted molar refractivity (Wildman–Crippen MR) is 72.5 cm³/mol. The third-order valence-electron chi connectivity index (χ3n) is 2.52. The molecule has 2 aromatic carbocycles. The quantitative estimate of drug-likeness (QED) is 0.804. The van der Waals surface area contributed by atoms with Crippen LogP contribution < -0.4 is 5.30 Å². The smallest absolute Gasteiger partial charge is 0.0295 e. The molecule has 1 unspecified atom stereocenters. The first-order valence-corrected chi connectivity index (χ1v) is 7.34. The van der Waals surface area contributed by atoms with Crippen LogP contribution in [0.2, 0.25) is 0 Å². The molecule has 82 valence electrons. The van der Waals surface area contributed by atoms with E-state index in [1.54, 1.807) is 0 Å². The molecule has 2 rings (SSSR count). The van der Waals surface area contributed by atoms with E-state index in [2.05, 4.69) is 6.30 Å². The third-order valence-corrected chi connectivity index (χ3v) is 4.67. The van der Waals surface area contributed by atoms with Gasteiger partial charge < -0.3 is 4.89 Å². The SMILES string of the molecule is C=P(O)(Cc1ccccc1)c1ccccc1. The number of benzene rings is 2. The monoisotopic (exact) mass is 230 g/mol. The molecule has 0 aromatic heterocycles. The lowest BCUT2D eigenvalue weighted by Crippen LogP contribution is -2.05. The second-order valence-electron chi connectivity index (χ2n) is 3.90. The van der Waals surface area contributed by atoms with Gasteiger partial charge in [-0.2, -0.15) is 0 Å². The number of rotatable bonds is 3. The average molecular weight is 230 g/mol. The Hall–Kier alpha value is -1.30. The summed E-state index contributed by atoms with van der Waals surface area (Å²) in [6, 6.07) is 19.7. The molecule has 0 fully saturated rings. The second-order valence-corrected chi connectivity index (χ2v) is 6.58. The predicted octanol–water partition coefficient (Wildman–Crippen LogP) is 2.87. The van der Waals surface area contributed by atoms with Gasteiger partial charge in [-0.25, -0.2) is 0 Å². The fourth-order valence-corrected chi connectivity index (χ4v) is 3.41. The molecule has 0 heterocycles. The van der Waals surface area contributed by atoms with Crippen LogP contribution in [0.1, 0.15) is 5.56 Å². The Morgan fingerprint density at radius 3 is 1.94 bits per heavy atom.